The minimum absolute atomic E-state index is 0.489. The lowest BCUT2D eigenvalue weighted by Crippen LogP contribution is -2.55. The van der Waals surface area contributed by atoms with Crippen LogP contribution in [0.5, 0.6) is 0 Å². The molecule has 1 saturated carbocycles. The van der Waals surface area contributed by atoms with Gasteiger partial charge in [-0.2, -0.15) is 0 Å². The predicted molar refractivity (Wildman–Crippen MR) is 55.1 cm³/mol. The Bertz CT molecular complexity index is 208. The second-order valence-electron chi connectivity index (χ2n) is 4.30. The normalized spacial score (nSPS) is 32.9. The van der Waals surface area contributed by atoms with E-state index in [1.165, 1.54) is 0 Å². The Hall–Kier alpha value is -0.610. The number of carbonyl (C=O) groups is 1. The monoisotopic (exact) mass is 200 g/mol. The molecule has 1 aliphatic carbocycles. The third-order valence-electron chi connectivity index (χ3n) is 3.01. The molecule has 0 aromatic heterocycles. The van der Waals surface area contributed by atoms with E-state index in [2.05, 4.69) is 12.2 Å². The summed E-state index contributed by atoms with van der Waals surface area (Å²) in [5, 5.41) is 12.3. The maximum Gasteiger partial charge on any atom is 0.323 e. The van der Waals surface area contributed by atoms with Gasteiger partial charge in [0.05, 0.1) is 0 Å². The van der Waals surface area contributed by atoms with Gasteiger partial charge in [-0.15, -0.1) is 0 Å². The molecule has 0 aromatic carbocycles. The highest BCUT2D eigenvalue weighted by Gasteiger charge is 2.41. The molecule has 1 fully saturated rings. The third-order valence-corrected chi connectivity index (χ3v) is 3.01. The lowest BCUT2D eigenvalue weighted by molar-refractivity contribution is -0.147. The van der Waals surface area contributed by atoms with Crippen molar-refractivity contribution in [2.45, 2.75) is 38.1 Å². The Balaban J connectivity index is 2.65. The topological polar surface area (TPSA) is 75.3 Å². The molecule has 0 heterocycles. The van der Waals surface area contributed by atoms with E-state index in [1.807, 2.05) is 0 Å². The summed E-state index contributed by atoms with van der Waals surface area (Å²) in [5.41, 5.74) is 4.67. The summed E-state index contributed by atoms with van der Waals surface area (Å²) in [5.74, 6) is -0.234. The van der Waals surface area contributed by atoms with Gasteiger partial charge in [-0.25, -0.2) is 0 Å². The zero-order valence-corrected chi connectivity index (χ0v) is 8.75. The molecule has 0 spiro atoms. The molecule has 82 valence electrons. The molecule has 0 radical (unpaired) electrons. The predicted octanol–water partition coefficient (Wildman–Crippen LogP) is 0.568. The largest absolute Gasteiger partial charge is 0.480 e. The standard InChI is InChI=1S/C10H20N2O2/c1-8-3-2-4-10(7-8,9(13)14)12-6-5-11/h8,12H,2-7,11H2,1H3,(H,13,14). The van der Waals surface area contributed by atoms with Crippen LogP contribution in [0.3, 0.4) is 0 Å². The third kappa shape index (κ3) is 2.45. The highest BCUT2D eigenvalue weighted by molar-refractivity contribution is 5.79. The molecular formula is C10H20N2O2. The van der Waals surface area contributed by atoms with Crippen LogP contribution >= 0.6 is 0 Å². The molecule has 0 saturated heterocycles. The van der Waals surface area contributed by atoms with Gasteiger partial charge in [0, 0.05) is 13.1 Å². The molecule has 0 aromatic rings. The second kappa shape index (κ2) is 4.75. The Morgan fingerprint density at radius 2 is 2.43 bits per heavy atom. The minimum atomic E-state index is -0.725. The van der Waals surface area contributed by atoms with Crippen molar-refractivity contribution in [2.75, 3.05) is 13.1 Å². The van der Waals surface area contributed by atoms with E-state index >= 15 is 0 Å². The quantitative estimate of drug-likeness (QED) is 0.620. The molecule has 14 heavy (non-hydrogen) atoms. The smallest absolute Gasteiger partial charge is 0.323 e. The molecule has 1 aliphatic rings. The fraction of sp³-hybridized carbons (Fsp3) is 0.900. The number of carboxylic acid groups (broad SMARTS) is 1. The van der Waals surface area contributed by atoms with Gasteiger partial charge in [-0.05, 0) is 18.8 Å². The zero-order chi connectivity index (χ0) is 10.6. The number of rotatable bonds is 4. The lowest BCUT2D eigenvalue weighted by Gasteiger charge is -2.37. The maximum absolute atomic E-state index is 11.2. The molecule has 0 aliphatic heterocycles. The summed E-state index contributed by atoms with van der Waals surface area (Å²) in [4.78, 5) is 11.2. The first kappa shape index (κ1) is 11.5. The second-order valence-corrected chi connectivity index (χ2v) is 4.30. The van der Waals surface area contributed by atoms with Crippen molar-refractivity contribution in [3.8, 4) is 0 Å². The number of nitrogens with one attached hydrogen (secondary N) is 1. The van der Waals surface area contributed by atoms with Gasteiger partial charge in [-0.1, -0.05) is 19.8 Å². The molecule has 2 atom stereocenters. The van der Waals surface area contributed by atoms with Crippen LogP contribution in [-0.4, -0.2) is 29.7 Å². The summed E-state index contributed by atoms with van der Waals surface area (Å²) in [7, 11) is 0. The first-order valence-electron chi connectivity index (χ1n) is 5.29. The molecule has 4 N–H and O–H groups in total. The number of hydrogen-bond donors (Lipinski definition) is 3. The number of aliphatic carboxylic acids is 1. The molecule has 1 rings (SSSR count). The summed E-state index contributed by atoms with van der Waals surface area (Å²) in [6.07, 6.45) is 3.58. The van der Waals surface area contributed by atoms with Crippen molar-refractivity contribution in [1.82, 2.24) is 5.32 Å². The van der Waals surface area contributed by atoms with E-state index in [9.17, 15) is 9.90 Å². The fourth-order valence-electron chi connectivity index (χ4n) is 2.29. The number of carboxylic acids is 1. The summed E-state index contributed by atoms with van der Waals surface area (Å²) >= 11 is 0. The zero-order valence-electron chi connectivity index (χ0n) is 8.75. The van der Waals surface area contributed by atoms with Gasteiger partial charge in [0.15, 0.2) is 0 Å². The van der Waals surface area contributed by atoms with Crippen LogP contribution in [-0.2, 0) is 4.79 Å². The number of nitrogens with two attached hydrogens (primary N) is 1. The number of hydrogen-bond acceptors (Lipinski definition) is 3. The van der Waals surface area contributed by atoms with E-state index in [1.54, 1.807) is 0 Å². The van der Waals surface area contributed by atoms with E-state index in [0.29, 0.717) is 19.0 Å². The van der Waals surface area contributed by atoms with Crippen molar-refractivity contribution < 1.29 is 9.90 Å². The fourth-order valence-corrected chi connectivity index (χ4v) is 2.29. The van der Waals surface area contributed by atoms with Crippen LogP contribution in [0.2, 0.25) is 0 Å². The average molecular weight is 200 g/mol. The minimum Gasteiger partial charge on any atom is -0.480 e. The lowest BCUT2D eigenvalue weighted by atomic mass is 9.76. The molecule has 2 unspecified atom stereocenters. The van der Waals surface area contributed by atoms with Crippen LogP contribution in [0.4, 0.5) is 0 Å². The Morgan fingerprint density at radius 3 is 2.93 bits per heavy atom. The van der Waals surface area contributed by atoms with Crippen LogP contribution in [0.25, 0.3) is 0 Å². The van der Waals surface area contributed by atoms with Gasteiger partial charge in [0.1, 0.15) is 5.54 Å². The highest BCUT2D eigenvalue weighted by atomic mass is 16.4. The summed E-state index contributed by atoms with van der Waals surface area (Å²) in [6, 6.07) is 0. The van der Waals surface area contributed by atoms with Crippen LogP contribution in [0.15, 0.2) is 0 Å². The summed E-state index contributed by atoms with van der Waals surface area (Å²) < 4.78 is 0. The van der Waals surface area contributed by atoms with E-state index in [4.69, 9.17) is 5.73 Å². The van der Waals surface area contributed by atoms with Crippen molar-refractivity contribution in [1.29, 1.82) is 0 Å². The van der Waals surface area contributed by atoms with Gasteiger partial charge in [-0.3, -0.25) is 4.79 Å². The SMILES string of the molecule is CC1CCCC(NCCN)(C(=O)O)C1. The summed E-state index contributed by atoms with van der Waals surface area (Å²) in [6.45, 7) is 3.18. The average Bonchev–Trinajstić information content (AvgIpc) is 2.14. The first-order chi connectivity index (χ1) is 6.60. The van der Waals surface area contributed by atoms with Gasteiger partial charge in [0.2, 0.25) is 0 Å². The molecular weight excluding hydrogens is 180 g/mol. The Labute approximate surface area is 84.9 Å². The van der Waals surface area contributed by atoms with Crippen LogP contribution in [0, 0.1) is 5.92 Å². The van der Waals surface area contributed by atoms with Gasteiger partial charge < -0.3 is 16.2 Å². The maximum atomic E-state index is 11.2. The Morgan fingerprint density at radius 1 is 1.71 bits per heavy atom. The van der Waals surface area contributed by atoms with E-state index < -0.39 is 11.5 Å². The molecule has 0 amide bonds. The van der Waals surface area contributed by atoms with Gasteiger partial charge >= 0.3 is 5.97 Å². The first-order valence-corrected chi connectivity index (χ1v) is 5.29. The van der Waals surface area contributed by atoms with E-state index in [-0.39, 0.29) is 0 Å². The van der Waals surface area contributed by atoms with Crippen molar-refractivity contribution in [3.05, 3.63) is 0 Å². The molecule has 4 nitrogen and oxygen atoms in total. The van der Waals surface area contributed by atoms with Gasteiger partial charge in [0.25, 0.3) is 0 Å². The Kier molecular flexibility index (Phi) is 3.89. The van der Waals surface area contributed by atoms with Crippen LogP contribution < -0.4 is 11.1 Å². The van der Waals surface area contributed by atoms with Crippen molar-refractivity contribution >= 4 is 5.97 Å². The highest BCUT2D eigenvalue weighted by Crippen LogP contribution is 2.32. The van der Waals surface area contributed by atoms with Crippen molar-refractivity contribution in [2.24, 2.45) is 11.7 Å². The van der Waals surface area contributed by atoms with Crippen LogP contribution in [0.1, 0.15) is 32.6 Å². The van der Waals surface area contributed by atoms with E-state index in [0.717, 1.165) is 25.7 Å². The molecule has 4 heteroatoms. The molecule has 0 bridgehead atoms. The van der Waals surface area contributed by atoms with Crippen molar-refractivity contribution in [3.63, 3.8) is 0 Å².